The van der Waals surface area contributed by atoms with Crippen molar-refractivity contribution in [1.29, 1.82) is 5.26 Å². The van der Waals surface area contributed by atoms with Crippen LogP contribution in [0.15, 0.2) is 18.2 Å². The van der Waals surface area contributed by atoms with Crippen molar-refractivity contribution >= 4 is 34.9 Å². The first-order chi connectivity index (χ1) is 8.04. The molecule has 17 heavy (non-hydrogen) atoms. The van der Waals surface area contributed by atoms with E-state index in [1.54, 1.807) is 25.2 Å². The van der Waals surface area contributed by atoms with Crippen molar-refractivity contribution in [3.05, 3.63) is 28.2 Å². The normalized spacial score (nSPS) is 9.53. The van der Waals surface area contributed by atoms with E-state index in [0.717, 1.165) is 0 Å². The van der Waals surface area contributed by atoms with E-state index in [4.69, 9.17) is 28.5 Å². The number of nitrogens with zero attached hydrogens (tertiary/aromatic N) is 2. The molecule has 4 nitrogen and oxygen atoms in total. The molecule has 0 aliphatic heterocycles. The summed E-state index contributed by atoms with van der Waals surface area (Å²) in [7, 11) is 1.60. The smallest absolute Gasteiger partial charge is 0.321 e. The maximum atomic E-state index is 11.7. The zero-order valence-corrected chi connectivity index (χ0v) is 10.7. The molecule has 90 valence electrons. The van der Waals surface area contributed by atoms with Crippen LogP contribution in [0.2, 0.25) is 10.0 Å². The van der Waals surface area contributed by atoms with Gasteiger partial charge in [0, 0.05) is 18.6 Å². The lowest BCUT2D eigenvalue weighted by atomic mass is 10.3. The van der Waals surface area contributed by atoms with Crippen LogP contribution in [-0.2, 0) is 0 Å². The molecule has 2 amide bonds. The Labute approximate surface area is 110 Å². The molecular formula is C11H11Cl2N3O. The summed E-state index contributed by atoms with van der Waals surface area (Å²) in [5, 5.41) is 11.9. The van der Waals surface area contributed by atoms with E-state index in [0.29, 0.717) is 22.3 Å². The average molecular weight is 272 g/mol. The average Bonchev–Trinajstić information content (AvgIpc) is 2.30. The van der Waals surface area contributed by atoms with Crippen molar-refractivity contribution in [2.75, 3.05) is 18.9 Å². The van der Waals surface area contributed by atoms with Crippen molar-refractivity contribution in [3.63, 3.8) is 0 Å². The molecule has 0 aliphatic rings. The van der Waals surface area contributed by atoms with Crippen LogP contribution in [0.3, 0.4) is 0 Å². The van der Waals surface area contributed by atoms with Crippen LogP contribution in [-0.4, -0.2) is 24.5 Å². The number of carbonyl (C=O) groups is 1. The Morgan fingerprint density at radius 2 is 2.24 bits per heavy atom. The first kappa shape index (κ1) is 13.6. The molecule has 1 aromatic rings. The van der Waals surface area contributed by atoms with E-state index >= 15 is 0 Å². The molecule has 0 aromatic heterocycles. The quantitative estimate of drug-likeness (QED) is 0.917. The number of hydrogen-bond acceptors (Lipinski definition) is 2. The Kier molecular flexibility index (Phi) is 5.08. The highest BCUT2D eigenvalue weighted by Gasteiger charge is 2.10. The molecular weight excluding hydrogens is 261 g/mol. The molecule has 1 N–H and O–H groups in total. The fraction of sp³-hybridized carbons (Fsp3) is 0.273. The monoisotopic (exact) mass is 271 g/mol. The summed E-state index contributed by atoms with van der Waals surface area (Å²) < 4.78 is 0. The van der Waals surface area contributed by atoms with E-state index in [1.165, 1.54) is 4.90 Å². The number of nitrogens with one attached hydrogen (secondary N) is 1. The number of halogens is 2. The van der Waals surface area contributed by atoms with Gasteiger partial charge in [0.1, 0.15) is 0 Å². The summed E-state index contributed by atoms with van der Waals surface area (Å²) in [5.41, 5.74) is 0.452. The summed E-state index contributed by atoms with van der Waals surface area (Å²) in [6.45, 7) is 0.362. The third-order valence-electron chi connectivity index (χ3n) is 2.08. The minimum Gasteiger partial charge on any atom is -0.327 e. The van der Waals surface area contributed by atoms with Crippen molar-refractivity contribution in [3.8, 4) is 6.07 Å². The lowest BCUT2D eigenvalue weighted by Crippen LogP contribution is -2.32. The number of nitriles is 1. The fourth-order valence-electron chi connectivity index (χ4n) is 1.12. The van der Waals surface area contributed by atoms with E-state index < -0.39 is 0 Å². The zero-order valence-electron chi connectivity index (χ0n) is 9.20. The van der Waals surface area contributed by atoms with E-state index in [-0.39, 0.29) is 12.5 Å². The van der Waals surface area contributed by atoms with Gasteiger partial charge in [-0.3, -0.25) is 0 Å². The first-order valence-corrected chi connectivity index (χ1v) is 5.64. The van der Waals surface area contributed by atoms with Crippen LogP contribution in [0.5, 0.6) is 0 Å². The number of carbonyl (C=O) groups excluding carboxylic acids is 1. The number of rotatable bonds is 3. The van der Waals surface area contributed by atoms with Gasteiger partial charge in [0.2, 0.25) is 0 Å². The van der Waals surface area contributed by atoms with Crippen molar-refractivity contribution in [1.82, 2.24) is 4.90 Å². The Bertz CT molecular complexity index is 457. The Morgan fingerprint density at radius 1 is 1.53 bits per heavy atom. The van der Waals surface area contributed by atoms with Crippen LogP contribution >= 0.6 is 23.2 Å². The molecule has 0 saturated carbocycles. The van der Waals surface area contributed by atoms with Gasteiger partial charge in [-0.15, -0.1) is 0 Å². The third kappa shape index (κ3) is 4.14. The molecule has 0 heterocycles. The minimum absolute atomic E-state index is 0.285. The molecule has 0 aliphatic carbocycles. The molecule has 0 atom stereocenters. The van der Waals surface area contributed by atoms with Crippen molar-refractivity contribution < 1.29 is 4.79 Å². The number of benzene rings is 1. The van der Waals surface area contributed by atoms with Gasteiger partial charge in [-0.1, -0.05) is 23.2 Å². The highest BCUT2D eigenvalue weighted by atomic mass is 35.5. The largest absolute Gasteiger partial charge is 0.327 e. The highest BCUT2D eigenvalue weighted by molar-refractivity contribution is 6.35. The predicted molar refractivity (Wildman–Crippen MR) is 68.3 cm³/mol. The maximum absolute atomic E-state index is 11.7. The molecule has 1 rings (SSSR count). The lowest BCUT2D eigenvalue weighted by molar-refractivity contribution is 0.223. The highest BCUT2D eigenvalue weighted by Crippen LogP contribution is 2.25. The third-order valence-corrected chi connectivity index (χ3v) is 2.64. The molecule has 1 aromatic carbocycles. The summed E-state index contributed by atoms with van der Waals surface area (Å²) >= 11 is 11.7. The van der Waals surface area contributed by atoms with Gasteiger partial charge in [0.25, 0.3) is 0 Å². The van der Waals surface area contributed by atoms with Gasteiger partial charge >= 0.3 is 6.03 Å². The van der Waals surface area contributed by atoms with Crippen molar-refractivity contribution in [2.24, 2.45) is 0 Å². The number of hydrogen-bond donors (Lipinski definition) is 1. The van der Waals surface area contributed by atoms with Gasteiger partial charge in [0.15, 0.2) is 0 Å². The second-order valence-electron chi connectivity index (χ2n) is 3.38. The van der Waals surface area contributed by atoms with E-state index in [2.05, 4.69) is 5.32 Å². The summed E-state index contributed by atoms with van der Waals surface area (Å²) in [6.07, 6.45) is 0.285. The fourth-order valence-corrected chi connectivity index (χ4v) is 1.46. The van der Waals surface area contributed by atoms with Crippen molar-refractivity contribution in [2.45, 2.75) is 6.42 Å². The molecule has 0 bridgehead atoms. The topological polar surface area (TPSA) is 56.1 Å². The summed E-state index contributed by atoms with van der Waals surface area (Å²) in [6, 6.07) is 6.45. The number of amides is 2. The zero-order chi connectivity index (χ0) is 12.8. The molecule has 0 saturated heterocycles. The van der Waals surface area contributed by atoms with Gasteiger partial charge < -0.3 is 10.2 Å². The Balaban J connectivity index is 2.68. The standard InChI is InChI=1S/C11H11Cl2N3O/c1-16(6-2-5-14)11(17)15-10-7-8(12)3-4-9(10)13/h3-4,7H,2,6H2,1H3,(H,15,17). The molecule has 0 fully saturated rings. The van der Waals surface area contributed by atoms with Gasteiger partial charge in [-0.05, 0) is 18.2 Å². The minimum atomic E-state index is -0.329. The van der Waals surface area contributed by atoms with Gasteiger partial charge in [0.05, 0.1) is 23.2 Å². The lowest BCUT2D eigenvalue weighted by Gasteiger charge is -2.17. The second kappa shape index (κ2) is 6.33. The Hall–Kier alpha value is -1.44. The van der Waals surface area contributed by atoms with E-state index in [1.807, 2.05) is 6.07 Å². The summed E-state index contributed by atoms with van der Waals surface area (Å²) in [5.74, 6) is 0. The number of urea groups is 1. The van der Waals surface area contributed by atoms with Gasteiger partial charge in [-0.2, -0.15) is 5.26 Å². The molecule has 0 spiro atoms. The van der Waals surface area contributed by atoms with Crippen LogP contribution in [0.1, 0.15) is 6.42 Å². The Morgan fingerprint density at radius 3 is 2.88 bits per heavy atom. The van der Waals surface area contributed by atoms with E-state index in [9.17, 15) is 4.79 Å². The molecule has 6 heteroatoms. The second-order valence-corrected chi connectivity index (χ2v) is 4.23. The van der Waals surface area contributed by atoms with Crippen LogP contribution in [0, 0.1) is 11.3 Å². The van der Waals surface area contributed by atoms with Crippen LogP contribution in [0.4, 0.5) is 10.5 Å². The first-order valence-electron chi connectivity index (χ1n) is 4.88. The molecule has 0 radical (unpaired) electrons. The van der Waals surface area contributed by atoms with Gasteiger partial charge in [-0.25, -0.2) is 4.79 Å². The molecule has 0 unspecified atom stereocenters. The number of anilines is 1. The SMILES string of the molecule is CN(CCC#N)C(=O)Nc1cc(Cl)ccc1Cl. The predicted octanol–water partition coefficient (Wildman–Crippen LogP) is 3.37. The van der Waals surface area contributed by atoms with Crippen LogP contribution < -0.4 is 5.32 Å². The van der Waals surface area contributed by atoms with Crippen LogP contribution in [0.25, 0.3) is 0 Å². The maximum Gasteiger partial charge on any atom is 0.321 e. The summed E-state index contributed by atoms with van der Waals surface area (Å²) in [4.78, 5) is 13.1.